The molecule has 1 aromatic carbocycles. The number of hydrogen-bond donors (Lipinski definition) is 2. The fraction of sp³-hybridized carbons (Fsp3) is 0.619. The molecule has 30 heavy (non-hydrogen) atoms. The highest BCUT2D eigenvalue weighted by Crippen LogP contribution is 2.35. The van der Waals surface area contributed by atoms with E-state index >= 15 is 0 Å². The van der Waals surface area contributed by atoms with E-state index in [1.54, 1.807) is 38.8 Å². The molecule has 2 rings (SSSR count). The molecule has 1 aliphatic rings. The van der Waals surface area contributed by atoms with Crippen LogP contribution in [0.1, 0.15) is 51.7 Å². The van der Waals surface area contributed by atoms with Crippen molar-refractivity contribution in [3.63, 3.8) is 0 Å². The fourth-order valence-electron chi connectivity index (χ4n) is 3.29. The number of alkyl halides is 3. The predicted octanol–water partition coefficient (Wildman–Crippen LogP) is 3.56. The third-order valence-electron chi connectivity index (χ3n) is 4.66. The quantitative estimate of drug-likeness (QED) is 0.556. The molecule has 0 spiro atoms. The van der Waals surface area contributed by atoms with E-state index in [0.29, 0.717) is 25.5 Å². The highest BCUT2D eigenvalue weighted by Gasteiger charge is 2.34. The highest BCUT2D eigenvalue weighted by molar-refractivity contribution is 5.80. The molecular weight excluding hydrogens is 397 g/mol. The van der Waals surface area contributed by atoms with Crippen LogP contribution in [-0.4, -0.2) is 48.5 Å². The summed E-state index contributed by atoms with van der Waals surface area (Å²) in [4.78, 5) is 17.7. The second-order valence-corrected chi connectivity index (χ2v) is 8.28. The molecule has 0 radical (unpaired) electrons. The fourth-order valence-corrected chi connectivity index (χ4v) is 3.29. The summed E-state index contributed by atoms with van der Waals surface area (Å²) in [5.41, 5.74) is -1.24. The largest absolute Gasteiger partial charge is 0.488 e. The lowest BCUT2D eigenvalue weighted by Crippen LogP contribution is -2.44. The summed E-state index contributed by atoms with van der Waals surface area (Å²) in [6.07, 6.45) is -3.29. The van der Waals surface area contributed by atoms with E-state index in [-0.39, 0.29) is 29.8 Å². The Hall–Kier alpha value is -2.45. The Morgan fingerprint density at radius 1 is 1.30 bits per heavy atom. The Morgan fingerprint density at radius 3 is 2.57 bits per heavy atom. The third-order valence-corrected chi connectivity index (χ3v) is 4.66. The van der Waals surface area contributed by atoms with E-state index in [4.69, 9.17) is 4.74 Å². The van der Waals surface area contributed by atoms with E-state index in [2.05, 4.69) is 15.6 Å². The summed E-state index contributed by atoms with van der Waals surface area (Å²) in [5, 5.41) is 6.13. The SMILES string of the molecule is CCC(=O)N1CCC(NC(=NC)NCc2ccc(OC(C)(C)C)cc2C(F)(F)F)C1. The number of amides is 1. The van der Waals surface area contributed by atoms with Crippen LogP contribution in [0.3, 0.4) is 0 Å². The summed E-state index contributed by atoms with van der Waals surface area (Å²) < 4.78 is 46.3. The second-order valence-electron chi connectivity index (χ2n) is 8.28. The molecular formula is C21H31F3N4O2. The summed E-state index contributed by atoms with van der Waals surface area (Å²) in [6.45, 7) is 8.33. The Morgan fingerprint density at radius 2 is 2.00 bits per heavy atom. The molecule has 0 saturated carbocycles. The molecule has 0 bridgehead atoms. The first-order valence-electron chi connectivity index (χ1n) is 10.1. The van der Waals surface area contributed by atoms with Gasteiger partial charge in [0.25, 0.3) is 0 Å². The number of nitrogens with zero attached hydrogens (tertiary/aromatic N) is 2. The van der Waals surface area contributed by atoms with Gasteiger partial charge in [0, 0.05) is 39.1 Å². The van der Waals surface area contributed by atoms with Crippen LogP contribution in [-0.2, 0) is 17.5 Å². The number of likely N-dealkylation sites (tertiary alicyclic amines) is 1. The number of rotatable bonds is 5. The first-order valence-corrected chi connectivity index (χ1v) is 10.1. The van der Waals surface area contributed by atoms with Crippen LogP contribution in [0.25, 0.3) is 0 Å². The summed E-state index contributed by atoms with van der Waals surface area (Å²) in [5.74, 6) is 0.663. The van der Waals surface area contributed by atoms with Crippen LogP contribution in [0.2, 0.25) is 0 Å². The molecule has 1 saturated heterocycles. The number of halogens is 3. The third kappa shape index (κ3) is 6.81. The number of nitrogens with one attached hydrogen (secondary N) is 2. The molecule has 1 aromatic rings. The molecule has 168 valence electrons. The molecule has 1 unspecified atom stereocenters. The maximum atomic E-state index is 13.6. The number of ether oxygens (including phenoxy) is 1. The minimum absolute atomic E-state index is 0.0105. The van der Waals surface area contributed by atoms with Gasteiger partial charge < -0.3 is 20.3 Å². The van der Waals surface area contributed by atoms with Crippen molar-refractivity contribution in [3.8, 4) is 5.75 Å². The molecule has 2 N–H and O–H groups in total. The number of carbonyl (C=O) groups is 1. The first-order chi connectivity index (χ1) is 13.9. The number of aliphatic imine (C=N–C) groups is 1. The maximum Gasteiger partial charge on any atom is 0.416 e. The van der Waals surface area contributed by atoms with Crippen molar-refractivity contribution in [1.82, 2.24) is 15.5 Å². The average Bonchev–Trinajstić information content (AvgIpc) is 3.11. The van der Waals surface area contributed by atoms with Crippen LogP contribution in [0.5, 0.6) is 5.75 Å². The summed E-state index contributed by atoms with van der Waals surface area (Å²) in [7, 11) is 1.56. The molecule has 1 aliphatic heterocycles. The van der Waals surface area contributed by atoms with Gasteiger partial charge in [0.05, 0.1) is 5.56 Å². The van der Waals surface area contributed by atoms with E-state index in [9.17, 15) is 18.0 Å². The lowest BCUT2D eigenvalue weighted by atomic mass is 10.1. The normalized spacial score (nSPS) is 17.8. The zero-order valence-corrected chi connectivity index (χ0v) is 18.2. The Labute approximate surface area is 175 Å². The summed E-state index contributed by atoms with van der Waals surface area (Å²) >= 11 is 0. The van der Waals surface area contributed by atoms with Crippen molar-refractivity contribution in [2.24, 2.45) is 4.99 Å². The lowest BCUT2D eigenvalue weighted by molar-refractivity contribution is -0.138. The molecule has 1 fully saturated rings. The predicted molar refractivity (Wildman–Crippen MR) is 110 cm³/mol. The van der Waals surface area contributed by atoms with Gasteiger partial charge in [0.1, 0.15) is 11.4 Å². The van der Waals surface area contributed by atoms with Gasteiger partial charge in [-0.2, -0.15) is 13.2 Å². The second kappa shape index (κ2) is 9.57. The van der Waals surface area contributed by atoms with Gasteiger partial charge in [0.15, 0.2) is 5.96 Å². The zero-order valence-electron chi connectivity index (χ0n) is 18.2. The standard InChI is InChI=1S/C21H31F3N4O2/c1-6-18(29)28-10-9-15(13-28)27-19(25-5)26-12-14-7-8-16(30-20(2,3)4)11-17(14)21(22,23)24/h7-8,11,15H,6,9-10,12-13H2,1-5H3,(H2,25,26,27). The highest BCUT2D eigenvalue weighted by atomic mass is 19.4. The van der Waals surface area contributed by atoms with Crippen molar-refractivity contribution in [2.45, 2.75) is 64.9 Å². The minimum Gasteiger partial charge on any atom is -0.488 e. The molecule has 6 nitrogen and oxygen atoms in total. The summed E-state index contributed by atoms with van der Waals surface area (Å²) in [6, 6.07) is 4.00. The van der Waals surface area contributed by atoms with Crippen LogP contribution < -0.4 is 15.4 Å². The van der Waals surface area contributed by atoms with Gasteiger partial charge in [-0.05, 0) is 44.9 Å². The molecule has 0 aromatic heterocycles. The van der Waals surface area contributed by atoms with Gasteiger partial charge in [-0.1, -0.05) is 13.0 Å². The van der Waals surface area contributed by atoms with Gasteiger partial charge in [-0.3, -0.25) is 9.79 Å². The van der Waals surface area contributed by atoms with Gasteiger partial charge in [-0.25, -0.2) is 0 Å². The van der Waals surface area contributed by atoms with Gasteiger partial charge in [0.2, 0.25) is 5.91 Å². The van der Waals surface area contributed by atoms with E-state index in [0.717, 1.165) is 12.5 Å². The number of benzene rings is 1. The van der Waals surface area contributed by atoms with Crippen molar-refractivity contribution in [1.29, 1.82) is 0 Å². The van der Waals surface area contributed by atoms with Crippen LogP contribution in [0, 0.1) is 0 Å². The smallest absolute Gasteiger partial charge is 0.416 e. The van der Waals surface area contributed by atoms with E-state index in [1.807, 2.05) is 6.92 Å². The molecule has 1 atom stereocenters. The number of carbonyl (C=O) groups excluding carboxylic acids is 1. The Balaban J connectivity index is 2.05. The van der Waals surface area contributed by atoms with Crippen molar-refractivity contribution >= 4 is 11.9 Å². The topological polar surface area (TPSA) is 66.0 Å². The average molecular weight is 428 g/mol. The zero-order chi connectivity index (χ0) is 22.5. The Bertz CT molecular complexity index is 772. The van der Waals surface area contributed by atoms with Crippen molar-refractivity contribution < 1.29 is 22.7 Å². The molecule has 0 aliphatic carbocycles. The van der Waals surface area contributed by atoms with Gasteiger partial charge >= 0.3 is 6.18 Å². The first kappa shape index (κ1) is 23.8. The van der Waals surface area contributed by atoms with Crippen LogP contribution >= 0.6 is 0 Å². The minimum atomic E-state index is -4.50. The van der Waals surface area contributed by atoms with E-state index in [1.165, 1.54) is 6.07 Å². The molecule has 9 heteroatoms. The Kier molecular flexibility index (Phi) is 7.60. The molecule has 1 amide bonds. The van der Waals surface area contributed by atoms with Crippen molar-refractivity contribution in [2.75, 3.05) is 20.1 Å². The molecule has 1 heterocycles. The number of hydrogen-bond acceptors (Lipinski definition) is 3. The maximum absolute atomic E-state index is 13.6. The van der Waals surface area contributed by atoms with E-state index < -0.39 is 17.3 Å². The van der Waals surface area contributed by atoms with Crippen LogP contribution in [0.4, 0.5) is 13.2 Å². The number of guanidine groups is 1. The van der Waals surface area contributed by atoms with Crippen molar-refractivity contribution in [3.05, 3.63) is 29.3 Å². The lowest BCUT2D eigenvalue weighted by Gasteiger charge is -2.23. The monoisotopic (exact) mass is 428 g/mol. The van der Waals surface area contributed by atoms with Crippen LogP contribution in [0.15, 0.2) is 23.2 Å². The van der Waals surface area contributed by atoms with Gasteiger partial charge in [-0.15, -0.1) is 0 Å².